The van der Waals surface area contributed by atoms with Gasteiger partial charge in [-0.15, -0.1) is 0 Å². The van der Waals surface area contributed by atoms with Gasteiger partial charge in [-0.1, -0.05) is 29.8 Å². The Morgan fingerprint density at radius 2 is 1.76 bits per heavy atom. The monoisotopic (exact) mass is 360 g/mol. The summed E-state index contributed by atoms with van der Waals surface area (Å²) in [5.41, 5.74) is 3.06. The molecule has 0 aliphatic carbocycles. The molecule has 25 heavy (non-hydrogen) atoms. The number of aryl methyl sites for hydroxylation is 2. The van der Waals surface area contributed by atoms with E-state index < -0.39 is 0 Å². The second-order valence-electron chi connectivity index (χ2n) is 6.21. The van der Waals surface area contributed by atoms with Gasteiger partial charge in [-0.05, 0) is 62.7 Å². The summed E-state index contributed by atoms with van der Waals surface area (Å²) < 4.78 is 5.66. The van der Waals surface area contributed by atoms with Gasteiger partial charge in [0.05, 0.1) is 13.2 Å². The van der Waals surface area contributed by atoms with Crippen LogP contribution in [-0.4, -0.2) is 37.6 Å². The SMILES string of the molecule is Cc1cccc(C)c1NC(=O)CN(C)CCCOc1ccc(Cl)cc1. The van der Waals surface area contributed by atoms with Gasteiger partial charge in [-0.2, -0.15) is 0 Å². The zero-order chi connectivity index (χ0) is 18.2. The molecule has 2 aromatic rings. The summed E-state index contributed by atoms with van der Waals surface area (Å²) in [6.45, 7) is 5.74. The van der Waals surface area contributed by atoms with Crippen LogP contribution >= 0.6 is 11.6 Å². The van der Waals surface area contributed by atoms with Crippen molar-refractivity contribution in [1.29, 1.82) is 0 Å². The van der Waals surface area contributed by atoms with Crippen molar-refractivity contribution in [3.8, 4) is 5.75 Å². The lowest BCUT2D eigenvalue weighted by atomic mass is 10.1. The van der Waals surface area contributed by atoms with Crippen molar-refractivity contribution < 1.29 is 9.53 Å². The molecule has 1 N–H and O–H groups in total. The Balaban J connectivity index is 1.70. The maximum absolute atomic E-state index is 12.2. The highest BCUT2D eigenvalue weighted by Crippen LogP contribution is 2.19. The Kier molecular flexibility index (Phi) is 7.29. The maximum atomic E-state index is 12.2. The fourth-order valence-electron chi connectivity index (χ4n) is 2.57. The molecule has 0 aliphatic heterocycles. The highest BCUT2D eigenvalue weighted by Gasteiger charge is 2.09. The summed E-state index contributed by atoms with van der Waals surface area (Å²) >= 11 is 5.84. The first kappa shape index (κ1) is 19.3. The Bertz CT molecular complexity index is 681. The molecule has 0 fully saturated rings. The smallest absolute Gasteiger partial charge is 0.238 e. The lowest BCUT2D eigenvalue weighted by molar-refractivity contribution is -0.117. The zero-order valence-corrected chi connectivity index (χ0v) is 15.8. The number of carbonyl (C=O) groups is 1. The van der Waals surface area contributed by atoms with Gasteiger partial charge in [0.2, 0.25) is 5.91 Å². The van der Waals surface area contributed by atoms with Crippen LogP contribution in [0.3, 0.4) is 0 Å². The molecule has 134 valence electrons. The third-order valence-corrected chi connectivity index (χ3v) is 4.18. The van der Waals surface area contributed by atoms with Crippen LogP contribution in [0.5, 0.6) is 5.75 Å². The minimum absolute atomic E-state index is 0.00137. The average Bonchev–Trinajstić information content (AvgIpc) is 2.57. The van der Waals surface area contributed by atoms with Crippen molar-refractivity contribution in [3.63, 3.8) is 0 Å². The summed E-state index contributed by atoms with van der Waals surface area (Å²) in [6, 6.07) is 13.3. The zero-order valence-electron chi connectivity index (χ0n) is 15.0. The second-order valence-corrected chi connectivity index (χ2v) is 6.65. The lowest BCUT2D eigenvalue weighted by Crippen LogP contribution is -2.31. The quantitative estimate of drug-likeness (QED) is 0.714. The molecule has 4 nitrogen and oxygen atoms in total. The number of hydrogen-bond donors (Lipinski definition) is 1. The molecule has 0 heterocycles. The van der Waals surface area contributed by atoms with E-state index in [0.717, 1.165) is 35.5 Å². The molecule has 0 aliphatic rings. The lowest BCUT2D eigenvalue weighted by Gasteiger charge is -2.18. The minimum atomic E-state index is -0.00137. The molecule has 0 saturated carbocycles. The van der Waals surface area contributed by atoms with E-state index in [1.807, 2.05) is 56.1 Å². The Labute approximate surface area is 154 Å². The highest BCUT2D eigenvalue weighted by atomic mass is 35.5. The predicted octanol–water partition coefficient (Wildman–Crippen LogP) is 4.30. The number of nitrogens with one attached hydrogen (secondary N) is 1. The number of likely N-dealkylation sites (N-methyl/N-ethyl adjacent to an activating group) is 1. The van der Waals surface area contributed by atoms with Gasteiger partial charge in [0.15, 0.2) is 0 Å². The summed E-state index contributed by atoms with van der Waals surface area (Å²) in [5.74, 6) is 0.804. The van der Waals surface area contributed by atoms with Crippen LogP contribution < -0.4 is 10.1 Å². The Morgan fingerprint density at radius 3 is 2.40 bits per heavy atom. The van der Waals surface area contributed by atoms with Gasteiger partial charge in [-0.3, -0.25) is 9.69 Å². The van der Waals surface area contributed by atoms with E-state index in [9.17, 15) is 4.79 Å². The molecule has 1 amide bonds. The number of ether oxygens (including phenoxy) is 1. The summed E-state index contributed by atoms with van der Waals surface area (Å²) in [7, 11) is 1.94. The standard InChI is InChI=1S/C20H25ClN2O2/c1-15-6-4-7-16(2)20(15)22-19(24)14-23(3)12-5-13-25-18-10-8-17(21)9-11-18/h4,6-11H,5,12-14H2,1-3H3,(H,22,24). The molecule has 2 aromatic carbocycles. The summed E-state index contributed by atoms with van der Waals surface area (Å²) in [6.07, 6.45) is 0.843. The van der Waals surface area contributed by atoms with E-state index in [-0.39, 0.29) is 5.91 Å². The van der Waals surface area contributed by atoms with E-state index in [2.05, 4.69) is 5.32 Å². The number of rotatable bonds is 8. The van der Waals surface area contributed by atoms with E-state index in [1.54, 1.807) is 12.1 Å². The van der Waals surface area contributed by atoms with E-state index in [0.29, 0.717) is 18.2 Å². The maximum Gasteiger partial charge on any atom is 0.238 e. The van der Waals surface area contributed by atoms with E-state index >= 15 is 0 Å². The van der Waals surface area contributed by atoms with Crippen molar-refractivity contribution in [2.75, 3.05) is 32.1 Å². The molecule has 0 unspecified atom stereocenters. The summed E-state index contributed by atoms with van der Waals surface area (Å²) in [5, 5.41) is 3.70. The average molecular weight is 361 g/mol. The van der Waals surface area contributed by atoms with E-state index in [4.69, 9.17) is 16.3 Å². The van der Waals surface area contributed by atoms with Gasteiger partial charge in [-0.25, -0.2) is 0 Å². The predicted molar refractivity (Wildman–Crippen MR) is 104 cm³/mol. The van der Waals surface area contributed by atoms with Crippen molar-refractivity contribution >= 4 is 23.2 Å². The fraction of sp³-hybridized carbons (Fsp3) is 0.350. The number of carbonyl (C=O) groups excluding carboxylic acids is 1. The Morgan fingerprint density at radius 1 is 1.12 bits per heavy atom. The van der Waals surface area contributed by atoms with Gasteiger partial charge < -0.3 is 10.1 Å². The van der Waals surface area contributed by atoms with Crippen LogP contribution in [0, 0.1) is 13.8 Å². The molecular formula is C20H25ClN2O2. The van der Waals surface area contributed by atoms with Crippen molar-refractivity contribution in [1.82, 2.24) is 4.90 Å². The fourth-order valence-corrected chi connectivity index (χ4v) is 2.70. The van der Waals surface area contributed by atoms with Crippen LogP contribution in [-0.2, 0) is 4.79 Å². The topological polar surface area (TPSA) is 41.6 Å². The van der Waals surface area contributed by atoms with Crippen LogP contribution in [0.1, 0.15) is 17.5 Å². The van der Waals surface area contributed by atoms with Crippen LogP contribution in [0.2, 0.25) is 5.02 Å². The third-order valence-electron chi connectivity index (χ3n) is 3.93. The third kappa shape index (κ3) is 6.40. The second kappa shape index (κ2) is 9.44. The molecule has 0 radical (unpaired) electrons. The number of benzene rings is 2. The van der Waals surface area contributed by atoms with Gasteiger partial charge in [0.1, 0.15) is 5.75 Å². The number of halogens is 1. The van der Waals surface area contributed by atoms with Gasteiger partial charge >= 0.3 is 0 Å². The number of nitrogens with zero attached hydrogens (tertiary/aromatic N) is 1. The first-order chi connectivity index (χ1) is 12.0. The van der Waals surface area contributed by atoms with Crippen LogP contribution in [0.4, 0.5) is 5.69 Å². The van der Waals surface area contributed by atoms with Crippen LogP contribution in [0.25, 0.3) is 0 Å². The summed E-state index contributed by atoms with van der Waals surface area (Å²) in [4.78, 5) is 14.2. The normalized spacial score (nSPS) is 10.8. The Hall–Kier alpha value is -2.04. The molecule has 0 bridgehead atoms. The van der Waals surface area contributed by atoms with Gasteiger partial charge in [0.25, 0.3) is 0 Å². The molecule has 0 aromatic heterocycles. The molecule has 5 heteroatoms. The molecule has 0 spiro atoms. The molecule has 0 saturated heterocycles. The molecule has 0 atom stereocenters. The van der Waals surface area contributed by atoms with E-state index in [1.165, 1.54) is 0 Å². The number of anilines is 1. The number of hydrogen-bond acceptors (Lipinski definition) is 3. The highest BCUT2D eigenvalue weighted by molar-refractivity contribution is 6.30. The number of amides is 1. The first-order valence-corrected chi connectivity index (χ1v) is 8.76. The van der Waals surface area contributed by atoms with Crippen LogP contribution in [0.15, 0.2) is 42.5 Å². The van der Waals surface area contributed by atoms with Crippen molar-refractivity contribution in [3.05, 3.63) is 58.6 Å². The van der Waals surface area contributed by atoms with Crippen molar-refractivity contribution in [2.45, 2.75) is 20.3 Å². The molecule has 2 rings (SSSR count). The largest absolute Gasteiger partial charge is 0.494 e. The first-order valence-electron chi connectivity index (χ1n) is 8.38. The van der Waals surface area contributed by atoms with Crippen molar-refractivity contribution in [2.24, 2.45) is 0 Å². The van der Waals surface area contributed by atoms with Gasteiger partial charge in [0, 0.05) is 17.3 Å². The molecular weight excluding hydrogens is 336 g/mol. The number of para-hydroxylation sites is 1. The minimum Gasteiger partial charge on any atom is -0.494 e.